The smallest absolute Gasteiger partial charge is 0.217 e. The second-order valence-corrected chi connectivity index (χ2v) is 2.65. The minimum Gasteiger partial charge on any atom is -0.396 e. The summed E-state index contributed by atoms with van der Waals surface area (Å²) in [7, 11) is 0. The van der Waals surface area contributed by atoms with E-state index >= 15 is 0 Å². The Morgan fingerprint density at radius 2 is 2.10 bits per heavy atom. The molecule has 0 fully saturated rings. The largest absolute Gasteiger partial charge is 0.396 e. The zero-order chi connectivity index (χ0) is 8.15. The van der Waals surface area contributed by atoms with Crippen LogP contribution in [0.4, 0.5) is 0 Å². The molecule has 60 valence electrons. The van der Waals surface area contributed by atoms with Crippen molar-refractivity contribution in [1.82, 2.24) is 5.32 Å². The van der Waals surface area contributed by atoms with Crippen LogP contribution in [0.25, 0.3) is 0 Å². The number of hydrogen-bond acceptors (Lipinski definition) is 2. The summed E-state index contributed by atoms with van der Waals surface area (Å²) in [5.41, 5.74) is 0. The Kier molecular flexibility index (Phi) is 4.03. The van der Waals surface area contributed by atoms with Crippen LogP contribution >= 0.6 is 0 Å². The molecule has 0 aromatic carbocycles. The first-order chi connectivity index (χ1) is 4.57. The molecule has 2 unspecified atom stereocenters. The first-order valence-corrected chi connectivity index (χ1v) is 3.46. The van der Waals surface area contributed by atoms with E-state index in [1.807, 2.05) is 13.8 Å². The van der Waals surface area contributed by atoms with Gasteiger partial charge >= 0.3 is 0 Å². The SMILES string of the molecule is CC(=O)NC(C)C(C)CO. The Morgan fingerprint density at radius 1 is 1.60 bits per heavy atom. The molecule has 0 spiro atoms. The van der Waals surface area contributed by atoms with Gasteiger partial charge in [-0.2, -0.15) is 0 Å². The van der Waals surface area contributed by atoms with Gasteiger partial charge in [-0.1, -0.05) is 6.92 Å². The minimum atomic E-state index is -0.0483. The second-order valence-electron chi connectivity index (χ2n) is 2.65. The van der Waals surface area contributed by atoms with Gasteiger partial charge in [0.15, 0.2) is 0 Å². The number of nitrogens with one attached hydrogen (secondary N) is 1. The molecular formula is C7H15NO2. The Labute approximate surface area is 61.4 Å². The normalized spacial score (nSPS) is 16.0. The molecule has 0 saturated carbocycles. The molecule has 0 bridgehead atoms. The quantitative estimate of drug-likeness (QED) is 0.593. The monoisotopic (exact) mass is 145 g/mol. The van der Waals surface area contributed by atoms with Gasteiger partial charge in [0.1, 0.15) is 0 Å². The predicted octanol–water partition coefficient (Wildman–Crippen LogP) is 0.139. The first-order valence-electron chi connectivity index (χ1n) is 3.46. The summed E-state index contributed by atoms with van der Waals surface area (Å²) in [5, 5.41) is 11.4. The Morgan fingerprint density at radius 3 is 2.40 bits per heavy atom. The van der Waals surface area contributed by atoms with Crippen LogP contribution in [0, 0.1) is 5.92 Å². The molecule has 2 N–H and O–H groups in total. The Balaban J connectivity index is 3.61. The Hall–Kier alpha value is -0.570. The van der Waals surface area contributed by atoms with Gasteiger partial charge in [-0.3, -0.25) is 4.79 Å². The molecule has 0 aliphatic carbocycles. The lowest BCUT2D eigenvalue weighted by molar-refractivity contribution is -0.119. The van der Waals surface area contributed by atoms with E-state index in [-0.39, 0.29) is 24.5 Å². The lowest BCUT2D eigenvalue weighted by Gasteiger charge is -2.17. The topological polar surface area (TPSA) is 49.3 Å². The van der Waals surface area contributed by atoms with Crippen molar-refractivity contribution >= 4 is 5.91 Å². The highest BCUT2D eigenvalue weighted by molar-refractivity contribution is 5.73. The highest BCUT2D eigenvalue weighted by atomic mass is 16.3. The molecular weight excluding hydrogens is 130 g/mol. The third-order valence-corrected chi connectivity index (χ3v) is 1.57. The Bertz CT molecular complexity index is 114. The maximum Gasteiger partial charge on any atom is 0.217 e. The number of aliphatic hydroxyl groups excluding tert-OH is 1. The van der Waals surface area contributed by atoms with Gasteiger partial charge in [-0.15, -0.1) is 0 Å². The summed E-state index contributed by atoms with van der Waals surface area (Å²) in [6.07, 6.45) is 0. The average molecular weight is 145 g/mol. The summed E-state index contributed by atoms with van der Waals surface area (Å²) in [5.74, 6) is 0.0803. The maximum absolute atomic E-state index is 10.5. The van der Waals surface area contributed by atoms with Crippen LogP contribution in [-0.4, -0.2) is 23.7 Å². The molecule has 10 heavy (non-hydrogen) atoms. The van der Waals surface area contributed by atoms with Crippen LogP contribution in [0.1, 0.15) is 20.8 Å². The van der Waals surface area contributed by atoms with E-state index in [1.165, 1.54) is 6.92 Å². The summed E-state index contributed by atoms with van der Waals surface area (Å²) in [6.45, 7) is 5.35. The van der Waals surface area contributed by atoms with Gasteiger partial charge in [0.2, 0.25) is 5.91 Å². The number of hydrogen-bond donors (Lipinski definition) is 2. The van der Waals surface area contributed by atoms with E-state index in [2.05, 4.69) is 5.32 Å². The van der Waals surface area contributed by atoms with Crippen LogP contribution in [0.5, 0.6) is 0 Å². The van der Waals surface area contributed by atoms with Gasteiger partial charge in [0.05, 0.1) is 0 Å². The lowest BCUT2D eigenvalue weighted by atomic mass is 10.1. The lowest BCUT2D eigenvalue weighted by Crippen LogP contribution is -2.36. The number of aliphatic hydroxyl groups is 1. The fraction of sp³-hybridized carbons (Fsp3) is 0.857. The fourth-order valence-corrected chi connectivity index (χ4v) is 0.621. The van der Waals surface area contributed by atoms with Crippen molar-refractivity contribution in [2.75, 3.05) is 6.61 Å². The zero-order valence-electron chi connectivity index (χ0n) is 6.72. The van der Waals surface area contributed by atoms with Crippen LogP contribution < -0.4 is 5.32 Å². The van der Waals surface area contributed by atoms with E-state index in [0.717, 1.165) is 0 Å². The van der Waals surface area contributed by atoms with Crippen molar-refractivity contribution in [2.45, 2.75) is 26.8 Å². The number of carbonyl (C=O) groups is 1. The molecule has 2 atom stereocenters. The van der Waals surface area contributed by atoms with Gasteiger partial charge in [0.25, 0.3) is 0 Å². The van der Waals surface area contributed by atoms with Crippen molar-refractivity contribution in [3.05, 3.63) is 0 Å². The molecule has 0 radical (unpaired) electrons. The molecule has 0 aliphatic rings. The van der Waals surface area contributed by atoms with E-state index in [1.54, 1.807) is 0 Å². The van der Waals surface area contributed by atoms with E-state index < -0.39 is 0 Å². The molecule has 0 saturated heterocycles. The average Bonchev–Trinajstić information content (AvgIpc) is 1.85. The number of carbonyl (C=O) groups excluding carboxylic acids is 1. The van der Waals surface area contributed by atoms with Gasteiger partial charge in [-0.25, -0.2) is 0 Å². The minimum absolute atomic E-state index is 0.0483. The van der Waals surface area contributed by atoms with E-state index in [9.17, 15) is 4.79 Å². The highest BCUT2D eigenvalue weighted by Gasteiger charge is 2.10. The van der Waals surface area contributed by atoms with Crippen LogP contribution in [0.2, 0.25) is 0 Å². The van der Waals surface area contributed by atoms with Gasteiger partial charge < -0.3 is 10.4 Å². The van der Waals surface area contributed by atoms with Gasteiger partial charge in [-0.05, 0) is 12.8 Å². The van der Waals surface area contributed by atoms with E-state index in [0.29, 0.717) is 0 Å². The molecule has 0 rings (SSSR count). The molecule has 0 aromatic rings. The van der Waals surface area contributed by atoms with Crippen molar-refractivity contribution in [3.63, 3.8) is 0 Å². The van der Waals surface area contributed by atoms with Crippen molar-refractivity contribution < 1.29 is 9.90 Å². The van der Waals surface area contributed by atoms with Crippen LogP contribution in [0.3, 0.4) is 0 Å². The molecule has 3 nitrogen and oxygen atoms in total. The van der Waals surface area contributed by atoms with Crippen molar-refractivity contribution in [3.8, 4) is 0 Å². The third kappa shape index (κ3) is 3.45. The van der Waals surface area contributed by atoms with Crippen molar-refractivity contribution in [1.29, 1.82) is 0 Å². The maximum atomic E-state index is 10.5. The molecule has 0 heterocycles. The molecule has 0 aromatic heterocycles. The van der Waals surface area contributed by atoms with Crippen LogP contribution in [-0.2, 0) is 4.79 Å². The summed E-state index contributed by atoms with van der Waals surface area (Å²) >= 11 is 0. The first kappa shape index (κ1) is 9.43. The van der Waals surface area contributed by atoms with Gasteiger partial charge in [0, 0.05) is 19.6 Å². The van der Waals surface area contributed by atoms with Crippen LogP contribution in [0.15, 0.2) is 0 Å². The predicted molar refractivity (Wildman–Crippen MR) is 39.5 cm³/mol. The number of rotatable bonds is 3. The van der Waals surface area contributed by atoms with Crippen molar-refractivity contribution in [2.24, 2.45) is 5.92 Å². The standard InChI is InChI=1S/C7H15NO2/c1-5(4-9)6(2)8-7(3)10/h5-6,9H,4H2,1-3H3,(H,8,10). The summed E-state index contributed by atoms with van der Waals surface area (Å²) in [4.78, 5) is 10.5. The summed E-state index contributed by atoms with van der Waals surface area (Å²) in [6, 6.07) is 0.0579. The molecule has 1 amide bonds. The fourth-order valence-electron chi connectivity index (χ4n) is 0.621. The zero-order valence-corrected chi connectivity index (χ0v) is 6.72. The van der Waals surface area contributed by atoms with E-state index in [4.69, 9.17) is 5.11 Å². The summed E-state index contributed by atoms with van der Waals surface area (Å²) < 4.78 is 0. The molecule has 3 heteroatoms. The molecule has 0 aliphatic heterocycles. The third-order valence-electron chi connectivity index (χ3n) is 1.57. The number of amides is 1. The second kappa shape index (κ2) is 4.28. The highest BCUT2D eigenvalue weighted by Crippen LogP contribution is 1.99.